The van der Waals surface area contributed by atoms with Gasteiger partial charge in [0.1, 0.15) is 0 Å². The highest BCUT2D eigenvalue weighted by Crippen LogP contribution is 1.99. The second-order valence-corrected chi connectivity index (χ2v) is 3.14. The van der Waals surface area contributed by atoms with Gasteiger partial charge in [-0.3, -0.25) is 4.79 Å². The van der Waals surface area contributed by atoms with E-state index in [0.29, 0.717) is 0 Å². The molecule has 0 aliphatic heterocycles. The number of nitrogens with one attached hydrogen (secondary N) is 1. The molecule has 0 radical (unpaired) electrons. The normalized spacial score (nSPS) is 11.6. The van der Waals surface area contributed by atoms with Crippen LogP contribution in [-0.4, -0.2) is 5.91 Å². The molecule has 1 N–H and O–H groups in total. The lowest BCUT2D eigenvalue weighted by Crippen LogP contribution is -2.12. The van der Waals surface area contributed by atoms with Gasteiger partial charge in [0.2, 0.25) is 5.91 Å². The van der Waals surface area contributed by atoms with Crippen molar-refractivity contribution in [1.82, 2.24) is 5.32 Å². The number of hydrogen-bond donors (Lipinski definition) is 1. The summed E-state index contributed by atoms with van der Waals surface area (Å²) >= 11 is 0. The zero-order chi connectivity index (χ0) is 11.6. The molecule has 2 heteroatoms. The minimum atomic E-state index is -0.134. The maximum absolute atomic E-state index is 11.2. The molecule has 0 saturated carbocycles. The molecule has 1 amide bonds. The van der Waals surface area contributed by atoms with Crippen LogP contribution in [0.3, 0.4) is 0 Å². The standard InChI is InChI=1S/C14H15NO/c1-2-3-5-10-14(16)15-12-11-13-8-6-4-7-9-13/h2-12H,1H3,(H,15,16)/b3-2+,10-5+,12-11+. The van der Waals surface area contributed by atoms with Crippen LogP contribution in [-0.2, 0) is 4.79 Å². The predicted octanol–water partition coefficient (Wildman–Crippen LogP) is 2.91. The van der Waals surface area contributed by atoms with Crippen molar-refractivity contribution in [2.75, 3.05) is 0 Å². The van der Waals surface area contributed by atoms with Crippen LogP contribution in [0.1, 0.15) is 12.5 Å². The molecular weight excluding hydrogens is 198 g/mol. The van der Waals surface area contributed by atoms with E-state index in [-0.39, 0.29) is 5.91 Å². The molecule has 82 valence electrons. The highest BCUT2D eigenvalue weighted by Gasteiger charge is 1.88. The fourth-order valence-corrected chi connectivity index (χ4v) is 1.09. The number of benzene rings is 1. The number of allylic oxidation sites excluding steroid dienone is 3. The molecule has 0 spiro atoms. The van der Waals surface area contributed by atoms with Crippen LogP contribution >= 0.6 is 0 Å². The lowest BCUT2D eigenvalue weighted by molar-refractivity contribution is -0.115. The summed E-state index contributed by atoms with van der Waals surface area (Å²) in [6.07, 6.45) is 10.3. The highest BCUT2D eigenvalue weighted by molar-refractivity contribution is 5.88. The van der Waals surface area contributed by atoms with E-state index in [1.54, 1.807) is 18.4 Å². The Balaban J connectivity index is 2.40. The third kappa shape index (κ3) is 4.96. The average molecular weight is 213 g/mol. The Bertz CT molecular complexity index is 402. The summed E-state index contributed by atoms with van der Waals surface area (Å²) in [4.78, 5) is 11.2. The van der Waals surface area contributed by atoms with Crippen LogP contribution in [0.5, 0.6) is 0 Å². The first-order chi connectivity index (χ1) is 7.83. The number of amides is 1. The molecule has 0 aliphatic rings. The van der Waals surface area contributed by atoms with E-state index in [0.717, 1.165) is 5.56 Å². The molecule has 0 heterocycles. The topological polar surface area (TPSA) is 29.1 Å². The van der Waals surface area contributed by atoms with Gasteiger partial charge in [-0.05, 0) is 18.6 Å². The summed E-state index contributed by atoms with van der Waals surface area (Å²) in [7, 11) is 0. The fraction of sp³-hybridized carbons (Fsp3) is 0.0714. The van der Waals surface area contributed by atoms with Crippen molar-refractivity contribution in [3.05, 3.63) is 66.4 Å². The lowest BCUT2D eigenvalue weighted by Gasteiger charge is -1.93. The van der Waals surface area contributed by atoms with Crippen LogP contribution in [0.2, 0.25) is 0 Å². The maximum atomic E-state index is 11.2. The second-order valence-electron chi connectivity index (χ2n) is 3.14. The SMILES string of the molecule is C/C=C/C=C/C(=O)N/C=C/c1ccccc1. The largest absolute Gasteiger partial charge is 0.329 e. The summed E-state index contributed by atoms with van der Waals surface area (Å²) in [5.74, 6) is -0.134. The third-order valence-electron chi connectivity index (χ3n) is 1.85. The van der Waals surface area contributed by atoms with Gasteiger partial charge in [0.05, 0.1) is 0 Å². The smallest absolute Gasteiger partial charge is 0.247 e. The number of hydrogen-bond acceptors (Lipinski definition) is 1. The molecule has 16 heavy (non-hydrogen) atoms. The quantitative estimate of drug-likeness (QED) is 0.604. The summed E-state index contributed by atoms with van der Waals surface area (Å²) < 4.78 is 0. The minimum absolute atomic E-state index is 0.134. The van der Waals surface area contributed by atoms with E-state index in [4.69, 9.17) is 0 Å². The van der Waals surface area contributed by atoms with Crippen molar-refractivity contribution in [2.24, 2.45) is 0 Å². The number of carbonyl (C=O) groups excluding carboxylic acids is 1. The lowest BCUT2D eigenvalue weighted by atomic mass is 10.2. The Morgan fingerprint density at radius 1 is 1.19 bits per heavy atom. The highest BCUT2D eigenvalue weighted by atomic mass is 16.1. The zero-order valence-electron chi connectivity index (χ0n) is 9.26. The predicted molar refractivity (Wildman–Crippen MR) is 67.6 cm³/mol. The molecule has 0 aliphatic carbocycles. The summed E-state index contributed by atoms with van der Waals surface area (Å²) in [6.45, 7) is 1.90. The number of rotatable bonds is 4. The Labute approximate surface area is 96.0 Å². The van der Waals surface area contributed by atoms with Crippen LogP contribution in [0.15, 0.2) is 60.8 Å². The molecule has 0 fully saturated rings. The number of carbonyl (C=O) groups is 1. The van der Waals surface area contributed by atoms with Gasteiger partial charge in [-0.25, -0.2) is 0 Å². The fourth-order valence-electron chi connectivity index (χ4n) is 1.09. The van der Waals surface area contributed by atoms with Gasteiger partial charge in [-0.2, -0.15) is 0 Å². The van der Waals surface area contributed by atoms with E-state index in [2.05, 4.69) is 5.32 Å². The van der Waals surface area contributed by atoms with Crippen LogP contribution in [0.4, 0.5) is 0 Å². The van der Waals surface area contributed by atoms with Gasteiger partial charge < -0.3 is 5.32 Å². The molecule has 0 unspecified atom stereocenters. The molecule has 1 rings (SSSR count). The van der Waals surface area contributed by atoms with Crippen LogP contribution in [0, 0.1) is 0 Å². The minimum Gasteiger partial charge on any atom is -0.329 e. The van der Waals surface area contributed by atoms with E-state index in [1.165, 1.54) is 6.08 Å². The van der Waals surface area contributed by atoms with E-state index in [9.17, 15) is 4.79 Å². The average Bonchev–Trinajstić information content (AvgIpc) is 2.31. The van der Waals surface area contributed by atoms with Crippen molar-refractivity contribution in [1.29, 1.82) is 0 Å². The first kappa shape index (κ1) is 12.0. The molecular formula is C14H15NO. The van der Waals surface area contributed by atoms with E-state index >= 15 is 0 Å². The van der Waals surface area contributed by atoms with Gasteiger partial charge in [-0.1, -0.05) is 48.6 Å². The monoisotopic (exact) mass is 213 g/mol. The van der Waals surface area contributed by atoms with Gasteiger partial charge in [0.25, 0.3) is 0 Å². The van der Waals surface area contributed by atoms with Crippen molar-refractivity contribution in [3.8, 4) is 0 Å². The zero-order valence-corrected chi connectivity index (χ0v) is 9.26. The third-order valence-corrected chi connectivity index (χ3v) is 1.85. The molecule has 0 saturated heterocycles. The molecule has 0 atom stereocenters. The Hall–Kier alpha value is -2.09. The van der Waals surface area contributed by atoms with E-state index in [1.807, 2.05) is 49.4 Å². The molecule has 0 aromatic heterocycles. The van der Waals surface area contributed by atoms with Gasteiger partial charge in [0.15, 0.2) is 0 Å². The summed E-state index contributed by atoms with van der Waals surface area (Å²) in [5.41, 5.74) is 1.06. The Morgan fingerprint density at radius 2 is 1.94 bits per heavy atom. The Morgan fingerprint density at radius 3 is 2.62 bits per heavy atom. The van der Waals surface area contributed by atoms with Crippen molar-refractivity contribution in [3.63, 3.8) is 0 Å². The molecule has 1 aromatic carbocycles. The maximum Gasteiger partial charge on any atom is 0.247 e. The first-order valence-corrected chi connectivity index (χ1v) is 5.14. The van der Waals surface area contributed by atoms with E-state index < -0.39 is 0 Å². The van der Waals surface area contributed by atoms with Gasteiger partial charge in [0, 0.05) is 12.3 Å². The summed E-state index contributed by atoms with van der Waals surface area (Å²) in [5, 5.41) is 2.65. The van der Waals surface area contributed by atoms with Crippen LogP contribution < -0.4 is 5.32 Å². The van der Waals surface area contributed by atoms with Gasteiger partial charge >= 0.3 is 0 Å². The van der Waals surface area contributed by atoms with Crippen molar-refractivity contribution >= 4 is 12.0 Å². The Kier molecular flexibility index (Phi) is 5.42. The van der Waals surface area contributed by atoms with Gasteiger partial charge in [-0.15, -0.1) is 0 Å². The van der Waals surface area contributed by atoms with Crippen molar-refractivity contribution < 1.29 is 4.79 Å². The first-order valence-electron chi connectivity index (χ1n) is 5.14. The van der Waals surface area contributed by atoms with Crippen molar-refractivity contribution in [2.45, 2.75) is 6.92 Å². The molecule has 2 nitrogen and oxygen atoms in total. The summed E-state index contributed by atoms with van der Waals surface area (Å²) in [6, 6.07) is 9.80. The van der Waals surface area contributed by atoms with Crippen LogP contribution in [0.25, 0.3) is 6.08 Å². The second kappa shape index (κ2) is 7.23. The molecule has 0 bridgehead atoms. The molecule has 1 aromatic rings.